The van der Waals surface area contributed by atoms with Crippen LogP contribution in [0.5, 0.6) is 0 Å². The number of amides is 2. The molecule has 0 saturated carbocycles. The van der Waals surface area contributed by atoms with Crippen LogP contribution in [-0.2, 0) is 6.42 Å². The number of fused-ring (bicyclic) bond motifs is 1. The summed E-state index contributed by atoms with van der Waals surface area (Å²) in [6.07, 6.45) is 4.66. The molecular formula is C12H17N3O. The molecule has 2 amide bonds. The summed E-state index contributed by atoms with van der Waals surface area (Å²) in [5.74, 6) is 0. The van der Waals surface area contributed by atoms with Crippen molar-refractivity contribution in [3.8, 4) is 0 Å². The van der Waals surface area contributed by atoms with E-state index >= 15 is 0 Å². The molecule has 1 atom stereocenters. The van der Waals surface area contributed by atoms with Gasteiger partial charge in [0.1, 0.15) is 0 Å². The van der Waals surface area contributed by atoms with Crippen molar-refractivity contribution in [2.75, 3.05) is 6.54 Å². The van der Waals surface area contributed by atoms with Crippen LogP contribution < -0.4 is 10.6 Å². The molecule has 4 nitrogen and oxygen atoms in total. The number of pyridine rings is 1. The van der Waals surface area contributed by atoms with Crippen molar-refractivity contribution in [2.24, 2.45) is 0 Å². The first kappa shape index (κ1) is 10.9. The molecule has 86 valence electrons. The molecule has 16 heavy (non-hydrogen) atoms. The van der Waals surface area contributed by atoms with Gasteiger partial charge in [0.15, 0.2) is 0 Å². The second-order valence-electron chi connectivity index (χ2n) is 4.03. The number of nitrogens with one attached hydrogen (secondary N) is 2. The molecule has 1 aromatic heterocycles. The number of rotatable bonds is 3. The van der Waals surface area contributed by atoms with Gasteiger partial charge in [-0.05, 0) is 30.9 Å². The number of aryl methyl sites for hydroxylation is 1. The fourth-order valence-corrected chi connectivity index (χ4v) is 2.01. The normalized spacial score (nSPS) is 17.9. The van der Waals surface area contributed by atoms with E-state index in [0.717, 1.165) is 37.1 Å². The van der Waals surface area contributed by atoms with Gasteiger partial charge in [-0.3, -0.25) is 4.98 Å². The maximum absolute atomic E-state index is 11.5. The van der Waals surface area contributed by atoms with Gasteiger partial charge in [0.2, 0.25) is 0 Å². The van der Waals surface area contributed by atoms with Crippen LogP contribution in [0.2, 0.25) is 0 Å². The fraction of sp³-hybridized carbons (Fsp3) is 0.500. The van der Waals surface area contributed by atoms with Gasteiger partial charge in [-0.1, -0.05) is 13.0 Å². The van der Waals surface area contributed by atoms with Gasteiger partial charge in [0, 0.05) is 18.4 Å². The molecule has 2 rings (SSSR count). The van der Waals surface area contributed by atoms with Crippen molar-refractivity contribution >= 4 is 6.03 Å². The lowest BCUT2D eigenvalue weighted by molar-refractivity contribution is 0.237. The van der Waals surface area contributed by atoms with Gasteiger partial charge < -0.3 is 10.6 Å². The lowest BCUT2D eigenvalue weighted by Gasteiger charge is -2.14. The van der Waals surface area contributed by atoms with E-state index in [9.17, 15) is 4.79 Å². The Morgan fingerprint density at radius 1 is 1.62 bits per heavy atom. The minimum absolute atomic E-state index is 0.0800. The summed E-state index contributed by atoms with van der Waals surface area (Å²) in [4.78, 5) is 15.8. The zero-order valence-electron chi connectivity index (χ0n) is 9.49. The predicted octanol–water partition coefficient (Wildman–Crippen LogP) is 1.78. The zero-order chi connectivity index (χ0) is 11.4. The van der Waals surface area contributed by atoms with Gasteiger partial charge in [-0.2, -0.15) is 0 Å². The Bertz CT molecular complexity index is 378. The van der Waals surface area contributed by atoms with E-state index in [1.807, 2.05) is 19.1 Å². The predicted molar refractivity (Wildman–Crippen MR) is 62.1 cm³/mol. The van der Waals surface area contributed by atoms with Crippen molar-refractivity contribution < 1.29 is 4.79 Å². The van der Waals surface area contributed by atoms with Gasteiger partial charge in [0.05, 0.1) is 6.04 Å². The average Bonchev–Trinajstić information content (AvgIpc) is 2.70. The van der Waals surface area contributed by atoms with Crippen molar-refractivity contribution in [1.82, 2.24) is 15.6 Å². The third kappa shape index (κ3) is 2.32. The number of aromatic nitrogens is 1. The molecule has 2 N–H and O–H groups in total. The Hall–Kier alpha value is -1.58. The first-order valence-electron chi connectivity index (χ1n) is 5.79. The van der Waals surface area contributed by atoms with Crippen LogP contribution in [0.4, 0.5) is 4.79 Å². The SMILES string of the molecule is CCCNC(=O)NC1CCc2ncccc21. The van der Waals surface area contributed by atoms with E-state index < -0.39 is 0 Å². The summed E-state index contributed by atoms with van der Waals surface area (Å²) in [5, 5.41) is 5.80. The third-order valence-electron chi connectivity index (χ3n) is 2.81. The van der Waals surface area contributed by atoms with Crippen LogP contribution in [0.3, 0.4) is 0 Å². The molecule has 0 aromatic carbocycles. The first-order chi connectivity index (χ1) is 7.81. The highest BCUT2D eigenvalue weighted by molar-refractivity contribution is 5.74. The smallest absolute Gasteiger partial charge is 0.315 e. The molecule has 1 aliphatic rings. The number of carbonyl (C=O) groups excluding carboxylic acids is 1. The maximum atomic E-state index is 11.5. The Morgan fingerprint density at radius 2 is 2.50 bits per heavy atom. The number of hydrogen-bond acceptors (Lipinski definition) is 2. The van der Waals surface area contributed by atoms with Crippen LogP contribution in [0, 0.1) is 0 Å². The third-order valence-corrected chi connectivity index (χ3v) is 2.81. The molecule has 1 aromatic rings. The fourth-order valence-electron chi connectivity index (χ4n) is 2.01. The van der Waals surface area contributed by atoms with Crippen LogP contribution >= 0.6 is 0 Å². The molecule has 0 fully saturated rings. The van der Waals surface area contributed by atoms with E-state index in [-0.39, 0.29) is 12.1 Å². The summed E-state index contributed by atoms with van der Waals surface area (Å²) in [6, 6.07) is 4.01. The van der Waals surface area contributed by atoms with Crippen molar-refractivity contribution in [1.29, 1.82) is 0 Å². The van der Waals surface area contributed by atoms with E-state index in [0.29, 0.717) is 0 Å². The molecule has 0 saturated heterocycles. The average molecular weight is 219 g/mol. The molecule has 1 unspecified atom stereocenters. The Morgan fingerprint density at radius 3 is 3.31 bits per heavy atom. The van der Waals surface area contributed by atoms with Crippen LogP contribution in [0.25, 0.3) is 0 Å². The molecule has 0 bridgehead atoms. The van der Waals surface area contributed by atoms with Gasteiger partial charge in [-0.25, -0.2) is 4.79 Å². The van der Waals surface area contributed by atoms with E-state index in [1.165, 1.54) is 0 Å². The maximum Gasteiger partial charge on any atom is 0.315 e. The number of urea groups is 1. The number of nitrogens with zero attached hydrogens (tertiary/aromatic N) is 1. The first-order valence-corrected chi connectivity index (χ1v) is 5.79. The van der Waals surface area contributed by atoms with Gasteiger partial charge in [-0.15, -0.1) is 0 Å². The van der Waals surface area contributed by atoms with Crippen LogP contribution in [0.1, 0.15) is 37.1 Å². The number of carbonyl (C=O) groups is 1. The Kier molecular flexibility index (Phi) is 3.39. The highest BCUT2D eigenvalue weighted by Gasteiger charge is 2.24. The Balaban J connectivity index is 1.95. The lowest BCUT2D eigenvalue weighted by atomic mass is 10.1. The lowest BCUT2D eigenvalue weighted by Crippen LogP contribution is -2.37. The monoisotopic (exact) mass is 219 g/mol. The number of hydrogen-bond donors (Lipinski definition) is 2. The summed E-state index contributed by atoms with van der Waals surface area (Å²) in [5.41, 5.74) is 2.28. The minimum atomic E-state index is -0.0800. The molecule has 1 aliphatic carbocycles. The van der Waals surface area contributed by atoms with Gasteiger partial charge >= 0.3 is 6.03 Å². The van der Waals surface area contributed by atoms with E-state index in [1.54, 1.807) is 6.20 Å². The van der Waals surface area contributed by atoms with E-state index in [2.05, 4.69) is 15.6 Å². The molecule has 4 heteroatoms. The second kappa shape index (κ2) is 4.96. The van der Waals surface area contributed by atoms with Gasteiger partial charge in [0.25, 0.3) is 0 Å². The summed E-state index contributed by atoms with van der Waals surface area (Å²) < 4.78 is 0. The molecule has 0 spiro atoms. The summed E-state index contributed by atoms with van der Waals surface area (Å²) >= 11 is 0. The minimum Gasteiger partial charge on any atom is -0.338 e. The molecule has 0 radical (unpaired) electrons. The van der Waals surface area contributed by atoms with Crippen LogP contribution in [0.15, 0.2) is 18.3 Å². The van der Waals surface area contributed by atoms with Crippen LogP contribution in [-0.4, -0.2) is 17.6 Å². The summed E-state index contributed by atoms with van der Waals surface area (Å²) in [6.45, 7) is 2.76. The highest BCUT2D eigenvalue weighted by atomic mass is 16.2. The van der Waals surface area contributed by atoms with Crippen molar-refractivity contribution in [2.45, 2.75) is 32.2 Å². The van der Waals surface area contributed by atoms with E-state index in [4.69, 9.17) is 0 Å². The quantitative estimate of drug-likeness (QED) is 0.814. The summed E-state index contributed by atoms with van der Waals surface area (Å²) in [7, 11) is 0. The molecule has 1 heterocycles. The highest BCUT2D eigenvalue weighted by Crippen LogP contribution is 2.28. The topological polar surface area (TPSA) is 54.0 Å². The van der Waals surface area contributed by atoms with Crippen molar-refractivity contribution in [3.63, 3.8) is 0 Å². The molecule has 0 aliphatic heterocycles. The zero-order valence-corrected chi connectivity index (χ0v) is 9.49. The molecular weight excluding hydrogens is 202 g/mol. The standard InChI is InChI=1S/C12H17N3O/c1-2-7-14-12(16)15-11-6-5-10-9(11)4-3-8-13-10/h3-4,8,11H,2,5-7H2,1H3,(H2,14,15,16). The Labute approximate surface area is 95.5 Å². The second-order valence-corrected chi connectivity index (χ2v) is 4.03. The largest absolute Gasteiger partial charge is 0.338 e. The van der Waals surface area contributed by atoms with Crippen molar-refractivity contribution in [3.05, 3.63) is 29.6 Å².